The smallest absolute Gasteiger partial charge is 0.259 e. The number of ether oxygens (including phenoxy) is 5. The molecule has 0 amide bonds. The van der Waals surface area contributed by atoms with Crippen LogP contribution in [0.1, 0.15) is 24.5 Å². The molecule has 8 nitrogen and oxygen atoms in total. The van der Waals surface area contributed by atoms with Crippen molar-refractivity contribution in [2.75, 3.05) is 21.3 Å². The average molecular weight is 438 g/mol. The fraction of sp³-hybridized carbons (Fsp3) is 0.292. The zero-order valence-electron chi connectivity index (χ0n) is 18.1. The first kappa shape index (κ1) is 20.3. The zero-order chi connectivity index (χ0) is 22.7. The maximum Gasteiger partial charge on any atom is 0.259 e. The molecule has 166 valence electrons. The minimum absolute atomic E-state index is 0.0750. The Hall–Kier alpha value is -3.65. The summed E-state index contributed by atoms with van der Waals surface area (Å²) in [4.78, 5) is 13.7. The summed E-state index contributed by atoms with van der Waals surface area (Å²) in [5.74, 6) is 1.69. The number of methoxy groups -OCH3 is 3. The first-order valence-electron chi connectivity index (χ1n) is 10.0. The normalized spacial score (nSPS) is 18.2. The van der Waals surface area contributed by atoms with Crippen molar-refractivity contribution in [1.82, 2.24) is 0 Å². The highest BCUT2D eigenvalue weighted by molar-refractivity contribution is 5.93. The Balaban J connectivity index is 1.83. The van der Waals surface area contributed by atoms with Gasteiger partial charge >= 0.3 is 0 Å². The maximum absolute atomic E-state index is 13.7. The highest BCUT2D eigenvalue weighted by Crippen LogP contribution is 2.49. The third-order valence-corrected chi connectivity index (χ3v) is 5.86. The molecule has 0 fully saturated rings. The molecule has 0 aliphatic carbocycles. The second-order valence-corrected chi connectivity index (χ2v) is 7.79. The lowest BCUT2D eigenvalue weighted by molar-refractivity contribution is -0.0717. The standard InChI is InChI=1S/C24H22O8/c1-10(2)14-7-12-15(30-14)8-13(25)20-21(26)19-11-6-17(27-3)18(28-4)9-16(11)31-24(29-5)23(19)32-22(12)20/h6,8-9,14,24-25H,1,7H2,2-5H3/t14-,24-/m1/s1. The molecule has 32 heavy (non-hydrogen) atoms. The Labute approximate surface area is 183 Å². The Bertz CT molecular complexity index is 1340. The van der Waals surface area contributed by atoms with E-state index in [0.717, 1.165) is 5.57 Å². The Morgan fingerprint density at radius 1 is 1.09 bits per heavy atom. The van der Waals surface area contributed by atoms with Crippen LogP contribution >= 0.6 is 0 Å². The summed E-state index contributed by atoms with van der Waals surface area (Å²) in [6.07, 6.45) is -0.753. The number of hydrogen-bond acceptors (Lipinski definition) is 8. The molecule has 0 saturated heterocycles. The van der Waals surface area contributed by atoms with E-state index in [1.807, 2.05) is 6.92 Å². The molecule has 5 rings (SSSR count). The van der Waals surface area contributed by atoms with Gasteiger partial charge in [0.25, 0.3) is 6.29 Å². The molecule has 0 radical (unpaired) electrons. The molecule has 3 aromatic rings. The van der Waals surface area contributed by atoms with Crippen LogP contribution in [0, 0.1) is 0 Å². The second kappa shape index (κ2) is 7.20. The van der Waals surface area contributed by atoms with Gasteiger partial charge < -0.3 is 33.2 Å². The van der Waals surface area contributed by atoms with Crippen LogP contribution in [0.15, 0.2) is 39.6 Å². The Morgan fingerprint density at radius 2 is 1.81 bits per heavy atom. The fourth-order valence-electron chi connectivity index (χ4n) is 4.24. The average Bonchev–Trinajstić information content (AvgIpc) is 3.21. The van der Waals surface area contributed by atoms with E-state index in [4.69, 9.17) is 28.1 Å². The molecule has 0 unspecified atom stereocenters. The number of rotatable bonds is 4. The maximum atomic E-state index is 13.7. The van der Waals surface area contributed by atoms with Gasteiger partial charge in [0.15, 0.2) is 17.3 Å². The fourth-order valence-corrected chi connectivity index (χ4v) is 4.24. The van der Waals surface area contributed by atoms with Crippen LogP contribution in [-0.4, -0.2) is 32.5 Å². The minimum atomic E-state index is -0.968. The van der Waals surface area contributed by atoms with Crippen LogP contribution in [0.3, 0.4) is 0 Å². The van der Waals surface area contributed by atoms with Gasteiger partial charge in [0.05, 0.1) is 19.8 Å². The highest BCUT2D eigenvalue weighted by atomic mass is 16.7. The summed E-state index contributed by atoms with van der Waals surface area (Å²) >= 11 is 0. The molecule has 0 bridgehead atoms. The van der Waals surface area contributed by atoms with Gasteiger partial charge in [0, 0.05) is 36.8 Å². The van der Waals surface area contributed by atoms with Gasteiger partial charge in [-0.15, -0.1) is 0 Å². The third kappa shape index (κ3) is 2.76. The van der Waals surface area contributed by atoms with Crippen LogP contribution in [0.2, 0.25) is 0 Å². The first-order valence-corrected chi connectivity index (χ1v) is 10.0. The van der Waals surface area contributed by atoms with Crippen molar-refractivity contribution in [2.45, 2.75) is 25.7 Å². The molecule has 1 N–H and O–H groups in total. The monoisotopic (exact) mass is 438 g/mol. The summed E-state index contributed by atoms with van der Waals surface area (Å²) in [5, 5.41) is 10.8. The molecule has 0 saturated carbocycles. The first-order chi connectivity index (χ1) is 15.4. The number of fused-ring (bicyclic) bond motifs is 6. The van der Waals surface area contributed by atoms with Gasteiger partial charge in [-0.2, -0.15) is 0 Å². The van der Waals surface area contributed by atoms with E-state index >= 15 is 0 Å². The third-order valence-electron chi connectivity index (χ3n) is 5.86. The Morgan fingerprint density at radius 3 is 2.47 bits per heavy atom. The zero-order valence-corrected chi connectivity index (χ0v) is 18.1. The number of hydrogen-bond donors (Lipinski definition) is 1. The quantitative estimate of drug-likeness (QED) is 0.608. The van der Waals surface area contributed by atoms with E-state index in [-0.39, 0.29) is 34.1 Å². The molecule has 2 aromatic carbocycles. The lowest BCUT2D eigenvalue weighted by Crippen LogP contribution is -2.21. The van der Waals surface area contributed by atoms with E-state index in [1.54, 1.807) is 12.1 Å². The Kier molecular flexibility index (Phi) is 4.56. The lowest BCUT2D eigenvalue weighted by atomic mass is 9.96. The number of phenols is 1. The molecule has 2 aliphatic rings. The molecular formula is C24H22O8. The van der Waals surface area contributed by atoms with Gasteiger partial charge in [-0.25, -0.2) is 0 Å². The van der Waals surface area contributed by atoms with Crippen LogP contribution in [0.25, 0.3) is 22.1 Å². The predicted octanol–water partition coefficient (Wildman–Crippen LogP) is 4.10. The van der Waals surface area contributed by atoms with E-state index < -0.39 is 11.7 Å². The van der Waals surface area contributed by atoms with Crippen molar-refractivity contribution in [3.05, 3.63) is 51.9 Å². The molecule has 1 aromatic heterocycles. The van der Waals surface area contributed by atoms with Crippen molar-refractivity contribution in [1.29, 1.82) is 0 Å². The largest absolute Gasteiger partial charge is 0.507 e. The van der Waals surface area contributed by atoms with Crippen molar-refractivity contribution in [3.63, 3.8) is 0 Å². The lowest BCUT2D eigenvalue weighted by Gasteiger charge is -2.27. The van der Waals surface area contributed by atoms with Gasteiger partial charge in [-0.05, 0) is 18.6 Å². The summed E-state index contributed by atoms with van der Waals surface area (Å²) < 4.78 is 34.3. The van der Waals surface area contributed by atoms with Gasteiger partial charge in [-0.3, -0.25) is 4.79 Å². The van der Waals surface area contributed by atoms with Crippen LogP contribution < -0.4 is 24.4 Å². The van der Waals surface area contributed by atoms with Crippen molar-refractivity contribution in [2.24, 2.45) is 0 Å². The van der Waals surface area contributed by atoms with Gasteiger partial charge in [0.2, 0.25) is 5.43 Å². The van der Waals surface area contributed by atoms with Crippen LogP contribution in [0.5, 0.6) is 28.7 Å². The highest BCUT2D eigenvalue weighted by Gasteiger charge is 2.36. The summed E-state index contributed by atoms with van der Waals surface area (Å²) in [5.41, 5.74) is 2.07. The minimum Gasteiger partial charge on any atom is -0.507 e. The topological polar surface area (TPSA) is 96.6 Å². The molecule has 0 spiro atoms. The summed E-state index contributed by atoms with van der Waals surface area (Å²) in [6, 6.07) is 4.72. The SMILES string of the molecule is C=C(C)[C@H]1Cc2c(cc(O)c3c(=O)c4c(oc23)[C@H](OC)Oc2cc(OC)c(OC)cc2-4)O1. The van der Waals surface area contributed by atoms with E-state index in [1.165, 1.54) is 27.4 Å². The number of aromatic hydroxyl groups is 1. The molecule has 2 atom stereocenters. The molecular weight excluding hydrogens is 416 g/mol. The van der Waals surface area contributed by atoms with Crippen molar-refractivity contribution in [3.8, 4) is 39.9 Å². The van der Waals surface area contributed by atoms with Crippen LogP contribution in [0.4, 0.5) is 0 Å². The number of phenolic OH excluding ortho intramolecular Hbond substituents is 1. The van der Waals surface area contributed by atoms with Gasteiger partial charge in [0.1, 0.15) is 34.3 Å². The van der Waals surface area contributed by atoms with Crippen molar-refractivity contribution >= 4 is 11.0 Å². The van der Waals surface area contributed by atoms with E-state index in [0.29, 0.717) is 40.5 Å². The molecule has 8 heteroatoms. The predicted molar refractivity (Wildman–Crippen MR) is 116 cm³/mol. The van der Waals surface area contributed by atoms with Crippen LogP contribution in [-0.2, 0) is 11.2 Å². The number of benzene rings is 2. The van der Waals surface area contributed by atoms with Gasteiger partial charge in [-0.1, -0.05) is 6.58 Å². The second-order valence-electron chi connectivity index (χ2n) is 7.79. The molecule has 3 heterocycles. The summed E-state index contributed by atoms with van der Waals surface area (Å²) in [6.45, 7) is 5.81. The van der Waals surface area contributed by atoms with E-state index in [2.05, 4.69) is 6.58 Å². The van der Waals surface area contributed by atoms with E-state index in [9.17, 15) is 9.90 Å². The summed E-state index contributed by atoms with van der Waals surface area (Å²) in [7, 11) is 4.47. The molecule has 2 aliphatic heterocycles. The van der Waals surface area contributed by atoms with Crippen molar-refractivity contribution < 1.29 is 33.2 Å².